The van der Waals surface area contributed by atoms with Crippen molar-refractivity contribution in [2.75, 3.05) is 26.2 Å². The molecule has 1 aromatic carbocycles. The maximum atomic E-state index is 12.8. The van der Waals surface area contributed by atoms with Gasteiger partial charge in [0.15, 0.2) is 0 Å². The average Bonchev–Trinajstić information content (AvgIpc) is 2.95. The Morgan fingerprint density at radius 2 is 1.77 bits per heavy atom. The molecule has 26 heavy (non-hydrogen) atoms. The third kappa shape index (κ3) is 3.37. The zero-order valence-corrected chi connectivity index (χ0v) is 16.1. The average molecular weight is 358 g/mol. The molecule has 2 fully saturated rings. The molecule has 0 saturated carbocycles. The number of carbonyl (C=O) groups is 2. The van der Waals surface area contributed by atoms with Crippen LogP contribution in [0, 0.1) is 5.41 Å². The molecule has 2 aliphatic heterocycles. The number of aliphatic hydroxyl groups excluding tert-OH is 1. The first-order chi connectivity index (χ1) is 12.3. The second kappa shape index (κ2) is 7.03. The molecule has 2 saturated heterocycles. The van der Waals surface area contributed by atoms with Crippen molar-refractivity contribution in [1.82, 2.24) is 9.80 Å². The van der Waals surface area contributed by atoms with Crippen LogP contribution in [-0.2, 0) is 11.2 Å². The molecule has 2 amide bonds. The third-order valence-corrected chi connectivity index (χ3v) is 6.34. The summed E-state index contributed by atoms with van der Waals surface area (Å²) in [5.41, 5.74) is 1.52. The maximum absolute atomic E-state index is 12.8. The predicted octanol–water partition coefficient (Wildman–Crippen LogP) is 2.47. The fourth-order valence-corrected chi connectivity index (χ4v) is 4.70. The lowest BCUT2D eigenvalue weighted by atomic mass is 9.74. The van der Waals surface area contributed by atoms with Crippen LogP contribution in [0.15, 0.2) is 24.3 Å². The molecule has 2 heterocycles. The number of aryl methyl sites for hydroxylation is 1. The Labute approximate surface area is 156 Å². The second-order valence-corrected chi connectivity index (χ2v) is 8.28. The van der Waals surface area contributed by atoms with Gasteiger partial charge in [0.2, 0.25) is 5.91 Å². The van der Waals surface area contributed by atoms with E-state index in [1.54, 1.807) is 6.92 Å². The van der Waals surface area contributed by atoms with Crippen molar-refractivity contribution in [3.05, 3.63) is 35.4 Å². The minimum Gasteiger partial charge on any atom is -0.394 e. The van der Waals surface area contributed by atoms with Gasteiger partial charge in [0, 0.05) is 32.1 Å². The fourth-order valence-electron chi connectivity index (χ4n) is 4.70. The molecule has 2 aliphatic rings. The van der Waals surface area contributed by atoms with E-state index in [2.05, 4.69) is 6.92 Å². The quantitative estimate of drug-likeness (QED) is 0.903. The number of amides is 2. The summed E-state index contributed by atoms with van der Waals surface area (Å²) in [6.45, 7) is 7.74. The van der Waals surface area contributed by atoms with Crippen LogP contribution in [0.25, 0.3) is 0 Å². The zero-order chi connectivity index (χ0) is 18.9. The van der Waals surface area contributed by atoms with E-state index < -0.39 is 5.54 Å². The van der Waals surface area contributed by atoms with Crippen molar-refractivity contribution < 1.29 is 14.7 Å². The zero-order valence-electron chi connectivity index (χ0n) is 16.1. The van der Waals surface area contributed by atoms with E-state index in [1.807, 2.05) is 41.0 Å². The van der Waals surface area contributed by atoms with E-state index in [4.69, 9.17) is 0 Å². The highest BCUT2D eigenvalue weighted by molar-refractivity contribution is 5.94. The van der Waals surface area contributed by atoms with Crippen LogP contribution >= 0.6 is 0 Å². The number of likely N-dealkylation sites (tertiary alicyclic amines) is 2. The number of aliphatic hydroxyl groups is 1. The van der Waals surface area contributed by atoms with Crippen molar-refractivity contribution in [2.45, 2.75) is 52.0 Å². The topological polar surface area (TPSA) is 60.9 Å². The summed E-state index contributed by atoms with van der Waals surface area (Å²) >= 11 is 0. The molecule has 142 valence electrons. The Bertz CT molecular complexity index is 677. The minimum absolute atomic E-state index is 0.0131. The van der Waals surface area contributed by atoms with Crippen molar-refractivity contribution in [3.63, 3.8) is 0 Å². The SMILES string of the molecule is CCc1ccc(C(=O)N2CCC3(CC2)CN(C(C)=O)C(C)(CO)C3)cc1. The molecule has 5 nitrogen and oxygen atoms in total. The minimum atomic E-state index is -0.478. The number of hydrogen-bond acceptors (Lipinski definition) is 3. The number of rotatable bonds is 3. The third-order valence-electron chi connectivity index (χ3n) is 6.34. The molecule has 0 aromatic heterocycles. The van der Waals surface area contributed by atoms with Crippen LogP contribution in [-0.4, -0.2) is 58.5 Å². The van der Waals surface area contributed by atoms with Crippen LogP contribution in [0.1, 0.15) is 56.0 Å². The smallest absolute Gasteiger partial charge is 0.253 e. The van der Waals surface area contributed by atoms with E-state index in [0.29, 0.717) is 19.6 Å². The first kappa shape index (κ1) is 18.9. The van der Waals surface area contributed by atoms with Crippen molar-refractivity contribution in [3.8, 4) is 0 Å². The normalized spacial score (nSPS) is 24.9. The predicted molar refractivity (Wildman–Crippen MR) is 101 cm³/mol. The Morgan fingerprint density at radius 3 is 2.23 bits per heavy atom. The number of nitrogens with zero attached hydrogens (tertiary/aromatic N) is 2. The molecule has 0 radical (unpaired) electrons. The van der Waals surface area contributed by atoms with Gasteiger partial charge >= 0.3 is 0 Å². The number of benzene rings is 1. The molecule has 1 atom stereocenters. The first-order valence-corrected chi connectivity index (χ1v) is 9.60. The largest absolute Gasteiger partial charge is 0.394 e. The lowest BCUT2D eigenvalue weighted by Gasteiger charge is -2.39. The van der Waals surface area contributed by atoms with E-state index >= 15 is 0 Å². The molecule has 3 rings (SSSR count). The van der Waals surface area contributed by atoms with Gasteiger partial charge in [-0.25, -0.2) is 0 Å². The van der Waals surface area contributed by atoms with Gasteiger partial charge in [-0.2, -0.15) is 0 Å². The van der Waals surface area contributed by atoms with Crippen molar-refractivity contribution in [1.29, 1.82) is 0 Å². The Morgan fingerprint density at radius 1 is 1.15 bits per heavy atom. The van der Waals surface area contributed by atoms with Gasteiger partial charge < -0.3 is 14.9 Å². The van der Waals surface area contributed by atoms with Gasteiger partial charge in [-0.05, 0) is 55.7 Å². The maximum Gasteiger partial charge on any atom is 0.253 e. The molecular formula is C21H30N2O3. The van der Waals surface area contributed by atoms with E-state index in [9.17, 15) is 14.7 Å². The summed E-state index contributed by atoms with van der Waals surface area (Å²) in [6, 6.07) is 7.88. The van der Waals surface area contributed by atoms with E-state index in [0.717, 1.165) is 31.2 Å². The first-order valence-electron chi connectivity index (χ1n) is 9.60. The lowest BCUT2D eigenvalue weighted by molar-refractivity contribution is -0.134. The highest BCUT2D eigenvalue weighted by Gasteiger charge is 2.52. The summed E-state index contributed by atoms with van der Waals surface area (Å²) in [5, 5.41) is 9.83. The molecule has 1 aromatic rings. The van der Waals surface area contributed by atoms with Crippen molar-refractivity contribution in [2.24, 2.45) is 5.41 Å². The highest BCUT2D eigenvalue weighted by atomic mass is 16.3. The molecular weight excluding hydrogens is 328 g/mol. The Kier molecular flexibility index (Phi) is 5.11. The summed E-state index contributed by atoms with van der Waals surface area (Å²) in [4.78, 5) is 28.5. The standard InChI is InChI=1S/C21H30N2O3/c1-4-17-5-7-18(8-6-17)19(26)22-11-9-21(10-12-22)13-20(3,15-24)23(14-21)16(2)25/h5-8,24H,4,9-15H2,1-3H3. The Balaban J connectivity index is 1.67. The van der Waals surface area contributed by atoms with Gasteiger partial charge in [0.05, 0.1) is 12.1 Å². The van der Waals surface area contributed by atoms with Crippen LogP contribution in [0.3, 0.4) is 0 Å². The van der Waals surface area contributed by atoms with Crippen LogP contribution in [0.5, 0.6) is 0 Å². The summed E-state index contributed by atoms with van der Waals surface area (Å²) in [7, 11) is 0. The van der Waals surface area contributed by atoms with Gasteiger partial charge in [-0.1, -0.05) is 19.1 Å². The summed E-state index contributed by atoms with van der Waals surface area (Å²) in [6.07, 6.45) is 3.54. The van der Waals surface area contributed by atoms with Crippen LogP contribution in [0.4, 0.5) is 0 Å². The lowest BCUT2D eigenvalue weighted by Crippen LogP contribution is -2.46. The molecule has 5 heteroatoms. The molecule has 0 bridgehead atoms. The number of carbonyl (C=O) groups excluding carboxylic acids is 2. The number of piperidine rings is 1. The second-order valence-electron chi connectivity index (χ2n) is 8.28. The summed E-state index contributed by atoms with van der Waals surface area (Å²) < 4.78 is 0. The fraction of sp³-hybridized carbons (Fsp3) is 0.619. The summed E-state index contributed by atoms with van der Waals surface area (Å²) in [5.74, 6) is 0.113. The van der Waals surface area contributed by atoms with Gasteiger partial charge in [0.25, 0.3) is 5.91 Å². The molecule has 1 N–H and O–H groups in total. The van der Waals surface area contributed by atoms with Crippen LogP contribution < -0.4 is 0 Å². The van der Waals surface area contributed by atoms with Gasteiger partial charge in [-0.15, -0.1) is 0 Å². The highest BCUT2D eigenvalue weighted by Crippen LogP contribution is 2.48. The Hall–Kier alpha value is -1.88. The molecule has 0 aliphatic carbocycles. The van der Waals surface area contributed by atoms with E-state index in [-0.39, 0.29) is 23.8 Å². The van der Waals surface area contributed by atoms with Gasteiger partial charge in [-0.3, -0.25) is 9.59 Å². The van der Waals surface area contributed by atoms with Gasteiger partial charge in [0.1, 0.15) is 0 Å². The van der Waals surface area contributed by atoms with Crippen molar-refractivity contribution >= 4 is 11.8 Å². The van der Waals surface area contributed by atoms with E-state index in [1.165, 1.54) is 5.56 Å². The number of hydrogen-bond donors (Lipinski definition) is 1. The monoisotopic (exact) mass is 358 g/mol. The van der Waals surface area contributed by atoms with Crippen LogP contribution in [0.2, 0.25) is 0 Å². The molecule has 1 unspecified atom stereocenters. The molecule has 1 spiro atoms.